The normalized spacial score (nSPS) is 13.9. The van der Waals surface area contributed by atoms with Crippen LogP contribution >= 0.6 is 0 Å². The van der Waals surface area contributed by atoms with E-state index < -0.39 is 0 Å². The number of aryl methyl sites for hydroxylation is 2. The van der Waals surface area contributed by atoms with E-state index in [2.05, 4.69) is 68.2 Å². The average molecular weight is 326 g/mol. The Kier molecular flexibility index (Phi) is 5.13. The Morgan fingerprint density at radius 3 is 2.71 bits per heavy atom. The van der Waals surface area contributed by atoms with Crippen LogP contribution in [0.1, 0.15) is 36.1 Å². The Morgan fingerprint density at radius 1 is 1.25 bits per heavy atom. The third-order valence-electron chi connectivity index (χ3n) is 4.52. The summed E-state index contributed by atoms with van der Waals surface area (Å²) in [4.78, 5) is 6.51. The van der Waals surface area contributed by atoms with Gasteiger partial charge in [-0.2, -0.15) is 0 Å². The van der Waals surface area contributed by atoms with Crippen molar-refractivity contribution in [3.63, 3.8) is 0 Å². The van der Waals surface area contributed by atoms with Crippen molar-refractivity contribution in [3.8, 4) is 0 Å². The summed E-state index contributed by atoms with van der Waals surface area (Å²) in [6, 6.07) is 8.76. The molecule has 0 unspecified atom stereocenters. The fourth-order valence-corrected chi connectivity index (χ4v) is 3.11. The molecule has 128 valence electrons. The molecule has 1 aliphatic rings. The van der Waals surface area contributed by atoms with Gasteiger partial charge in [0.25, 0.3) is 0 Å². The maximum atomic E-state index is 4.38. The first-order valence-corrected chi connectivity index (χ1v) is 8.61. The van der Waals surface area contributed by atoms with E-state index in [9.17, 15) is 0 Å². The van der Waals surface area contributed by atoms with E-state index in [4.69, 9.17) is 0 Å². The topological polar surface area (TPSA) is 58.3 Å². The minimum absolute atomic E-state index is 0.652. The molecule has 0 spiro atoms. The summed E-state index contributed by atoms with van der Waals surface area (Å²) in [6.45, 7) is 4.67. The van der Waals surface area contributed by atoms with Crippen molar-refractivity contribution < 1.29 is 0 Å². The predicted molar refractivity (Wildman–Crippen MR) is 95.8 cm³/mol. The molecule has 0 saturated heterocycles. The summed E-state index contributed by atoms with van der Waals surface area (Å²) in [7, 11) is 3.87. The number of fused-ring (bicyclic) bond motifs is 1. The van der Waals surface area contributed by atoms with Crippen LogP contribution < -0.4 is 5.32 Å². The molecule has 0 amide bonds. The fraction of sp³-hybridized carbons (Fsp3) is 0.500. The number of rotatable bonds is 5. The van der Waals surface area contributed by atoms with Crippen molar-refractivity contribution in [1.29, 1.82) is 0 Å². The van der Waals surface area contributed by atoms with Crippen LogP contribution in [0.4, 0.5) is 0 Å². The van der Waals surface area contributed by atoms with Gasteiger partial charge >= 0.3 is 0 Å². The van der Waals surface area contributed by atoms with E-state index in [0.717, 1.165) is 43.5 Å². The first kappa shape index (κ1) is 16.5. The third-order valence-corrected chi connectivity index (χ3v) is 4.52. The molecule has 3 rings (SSSR count). The van der Waals surface area contributed by atoms with Crippen LogP contribution in [0.3, 0.4) is 0 Å². The van der Waals surface area contributed by atoms with E-state index in [0.29, 0.717) is 6.54 Å². The van der Waals surface area contributed by atoms with Gasteiger partial charge in [0, 0.05) is 33.6 Å². The van der Waals surface area contributed by atoms with Gasteiger partial charge in [0.2, 0.25) is 0 Å². The van der Waals surface area contributed by atoms with E-state index >= 15 is 0 Å². The van der Waals surface area contributed by atoms with Crippen LogP contribution in [0, 0.1) is 0 Å². The Morgan fingerprint density at radius 2 is 2.00 bits per heavy atom. The van der Waals surface area contributed by atoms with Gasteiger partial charge in [0.15, 0.2) is 11.8 Å². The zero-order chi connectivity index (χ0) is 16.9. The minimum atomic E-state index is 0.652. The van der Waals surface area contributed by atoms with Gasteiger partial charge in [-0.3, -0.25) is 4.99 Å². The highest BCUT2D eigenvalue weighted by atomic mass is 15.3. The summed E-state index contributed by atoms with van der Waals surface area (Å²) < 4.78 is 2.21. The van der Waals surface area contributed by atoms with Gasteiger partial charge in [-0.05, 0) is 24.0 Å². The molecule has 1 N–H and O–H groups in total. The van der Waals surface area contributed by atoms with Crippen molar-refractivity contribution in [2.45, 2.75) is 45.8 Å². The van der Waals surface area contributed by atoms with E-state index in [1.54, 1.807) is 0 Å². The fourth-order valence-electron chi connectivity index (χ4n) is 3.11. The largest absolute Gasteiger partial charge is 0.349 e. The van der Waals surface area contributed by atoms with Gasteiger partial charge in [0.1, 0.15) is 5.82 Å². The zero-order valence-electron chi connectivity index (χ0n) is 14.8. The highest BCUT2D eigenvalue weighted by Gasteiger charge is 2.17. The molecule has 6 heteroatoms. The number of hydrogen-bond donors (Lipinski definition) is 1. The Balaban J connectivity index is 1.58. The number of nitrogens with zero attached hydrogens (tertiary/aromatic N) is 5. The van der Waals surface area contributed by atoms with Crippen LogP contribution in [0.5, 0.6) is 0 Å². The van der Waals surface area contributed by atoms with Gasteiger partial charge in [-0.15, -0.1) is 10.2 Å². The number of aliphatic imine (C=N–C) groups is 1. The van der Waals surface area contributed by atoms with Crippen molar-refractivity contribution in [1.82, 2.24) is 25.0 Å². The van der Waals surface area contributed by atoms with Crippen molar-refractivity contribution in [3.05, 3.63) is 47.0 Å². The van der Waals surface area contributed by atoms with Crippen molar-refractivity contribution in [2.24, 2.45) is 4.99 Å². The lowest BCUT2D eigenvalue weighted by Crippen LogP contribution is -2.38. The molecule has 6 nitrogen and oxygen atoms in total. The Hall–Kier alpha value is -2.37. The predicted octanol–water partition coefficient (Wildman–Crippen LogP) is 1.99. The van der Waals surface area contributed by atoms with Crippen LogP contribution in [0.15, 0.2) is 29.3 Å². The quantitative estimate of drug-likeness (QED) is 0.674. The van der Waals surface area contributed by atoms with Crippen LogP contribution in [-0.2, 0) is 32.5 Å². The lowest BCUT2D eigenvalue weighted by atomic mass is 10.1. The molecule has 1 aromatic carbocycles. The van der Waals surface area contributed by atoms with Gasteiger partial charge in [0.05, 0.1) is 6.54 Å². The molecule has 0 aliphatic carbocycles. The highest BCUT2D eigenvalue weighted by molar-refractivity contribution is 5.79. The van der Waals surface area contributed by atoms with Crippen molar-refractivity contribution in [2.75, 3.05) is 14.1 Å². The van der Waals surface area contributed by atoms with E-state index in [-0.39, 0.29) is 0 Å². The summed E-state index contributed by atoms with van der Waals surface area (Å²) in [5, 5.41) is 11.9. The summed E-state index contributed by atoms with van der Waals surface area (Å²) >= 11 is 0. The molecule has 2 aromatic rings. The molecule has 1 aromatic heterocycles. The summed E-state index contributed by atoms with van der Waals surface area (Å²) in [6.07, 6.45) is 3.28. The standard InChI is InChI=1S/C18H26N6/c1-4-14-7-9-15(10-8-14)13-23(3)18(19-2)20-12-17-22-21-16-6-5-11-24(16)17/h7-10H,4-6,11-13H2,1-3H3,(H,19,20). The van der Waals surface area contributed by atoms with Gasteiger partial charge < -0.3 is 14.8 Å². The lowest BCUT2D eigenvalue weighted by Gasteiger charge is -2.22. The molecular weight excluding hydrogens is 300 g/mol. The number of aromatic nitrogens is 3. The van der Waals surface area contributed by atoms with E-state index in [1.165, 1.54) is 17.5 Å². The molecule has 0 radical (unpaired) electrons. The number of hydrogen-bond acceptors (Lipinski definition) is 3. The first-order chi connectivity index (χ1) is 11.7. The molecule has 0 bridgehead atoms. The molecule has 0 fully saturated rings. The monoisotopic (exact) mass is 326 g/mol. The molecular formula is C18H26N6. The Bertz CT molecular complexity index is 701. The van der Waals surface area contributed by atoms with Crippen LogP contribution in [0.25, 0.3) is 0 Å². The van der Waals surface area contributed by atoms with Crippen LogP contribution in [-0.4, -0.2) is 39.7 Å². The molecule has 1 aliphatic heterocycles. The summed E-state index contributed by atoms with van der Waals surface area (Å²) in [5.74, 6) is 2.96. The second-order valence-corrected chi connectivity index (χ2v) is 6.21. The molecule has 24 heavy (non-hydrogen) atoms. The third kappa shape index (κ3) is 3.58. The Labute approximate surface area is 143 Å². The second-order valence-electron chi connectivity index (χ2n) is 6.21. The maximum Gasteiger partial charge on any atom is 0.194 e. The zero-order valence-corrected chi connectivity index (χ0v) is 14.8. The number of guanidine groups is 1. The van der Waals surface area contributed by atoms with E-state index in [1.807, 2.05) is 7.05 Å². The summed E-state index contributed by atoms with van der Waals surface area (Å²) in [5.41, 5.74) is 2.64. The van der Waals surface area contributed by atoms with Gasteiger partial charge in [-0.25, -0.2) is 0 Å². The smallest absolute Gasteiger partial charge is 0.194 e. The SMILES string of the molecule is CCc1ccc(CN(C)C(=NC)NCc2nnc3n2CCC3)cc1. The van der Waals surface area contributed by atoms with Crippen molar-refractivity contribution >= 4 is 5.96 Å². The molecule has 0 atom stereocenters. The average Bonchev–Trinajstić information content (AvgIpc) is 3.20. The molecule has 2 heterocycles. The van der Waals surface area contributed by atoms with Crippen LogP contribution in [0.2, 0.25) is 0 Å². The second kappa shape index (κ2) is 7.47. The lowest BCUT2D eigenvalue weighted by molar-refractivity contribution is 0.473. The maximum absolute atomic E-state index is 4.38. The highest BCUT2D eigenvalue weighted by Crippen LogP contribution is 2.14. The molecule has 0 saturated carbocycles. The first-order valence-electron chi connectivity index (χ1n) is 8.61. The minimum Gasteiger partial charge on any atom is -0.349 e. The number of nitrogens with one attached hydrogen (secondary N) is 1. The van der Waals surface area contributed by atoms with Gasteiger partial charge in [-0.1, -0.05) is 31.2 Å². The number of benzene rings is 1.